The molecule has 0 unspecified atom stereocenters. The molecule has 0 radical (unpaired) electrons. The summed E-state index contributed by atoms with van der Waals surface area (Å²) in [6.07, 6.45) is 43.3. The molecular formula is C36H78. The van der Waals surface area contributed by atoms with Crippen LogP contribution >= 0.6 is 0 Å². The van der Waals surface area contributed by atoms with Gasteiger partial charge >= 0.3 is 0 Å². The van der Waals surface area contributed by atoms with Gasteiger partial charge in [-0.1, -0.05) is 234 Å². The number of unbranched alkanes of at least 4 members (excludes halogenated alkanes) is 27. The van der Waals surface area contributed by atoms with E-state index in [4.69, 9.17) is 0 Å². The third kappa shape index (κ3) is 50.8. The molecule has 0 rings (SSSR count). The molecule has 222 valence electrons. The van der Waals surface area contributed by atoms with E-state index in [0.29, 0.717) is 0 Å². The van der Waals surface area contributed by atoms with E-state index < -0.39 is 0 Å². The highest BCUT2D eigenvalue weighted by molar-refractivity contribution is 4.48. The molecule has 0 atom stereocenters. The predicted molar refractivity (Wildman–Crippen MR) is 173 cm³/mol. The van der Waals surface area contributed by atoms with Crippen molar-refractivity contribution in [1.29, 1.82) is 0 Å². The first-order chi connectivity index (χ1) is 17.7. The van der Waals surface area contributed by atoms with Crippen LogP contribution in [0.3, 0.4) is 0 Å². The number of hydrogen-bond acceptors (Lipinski definition) is 0. The zero-order valence-electron chi connectivity index (χ0n) is 27.2. The summed E-state index contributed by atoms with van der Waals surface area (Å²) >= 11 is 0. The fourth-order valence-electron chi connectivity index (χ4n) is 4.68. The summed E-state index contributed by atoms with van der Waals surface area (Å²) in [5.41, 5.74) is 0. The highest BCUT2D eigenvalue weighted by Crippen LogP contribution is 2.12. The lowest BCUT2D eigenvalue weighted by atomic mass is 10.1. The van der Waals surface area contributed by atoms with Crippen molar-refractivity contribution in [2.24, 2.45) is 0 Å². The Kier molecular flexibility index (Phi) is 50.6. The maximum atomic E-state index is 2.29. The molecular weight excluding hydrogens is 432 g/mol. The summed E-state index contributed by atoms with van der Waals surface area (Å²) < 4.78 is 0. The van der Waals surface area contributed by atoms with Crippen molar-refractivity contribution in [2.75, 3.05) is 0 Å². The molecule has 0 bridgehead atoms. The first-order valence-corrected chi connectivity index (χ1v) is 17.7. The Labute approximate surface area is 234 Å². The van der Waals surface area contributed by atoms with Gasteiger partial charge in [0.25, 0.3) is 0 Å². The van der Waals surface area contributed by atoms with Gasteiger partial charge in [0.15, 0.2) is 0 Å². The van der Waals surface area contributed by atoms with Crippen molar-refractivity contribution in [3.63, 3.8) is 0 Å². The van der Waals surface area contributed by atoms with Crippen molar-refractivity contribution >= 4 is 0 Å². The SMILES string of the molecule is CCCCCCCCCC.CCCCCCCCCCCC.CCCCCCCCCCCCCC. The normalized spacial score (nSPS) is 10.5. The Balaban J connectivity index is -0.000000460. The summed E-state index contributed by atoms with van der Waals surface area (Å²) in [6.45, 7) is 13.7. The lowest BCUT2D eigenvalue weighted by molar-refractivity contribution is 0.548. The standard InChI is InChI=1S/C14H30.C12H26.C10H22/c1-3-5-7-9-11-13-14-12-10-8-6-4-2;1-3-5-7-9-11-12-10-8-6-4-2;1-3-5-7-9-10-8-6-4-2/h3-14H2,1-2H3;3-12H2,1-2H3;3-10H2,1-2H3. The van der Waals surface area contributed by atoms with Gasteiger partial charge in [-0.15, -0.1) is 0 Å². The van der Waals surface area contributed by atoms with Crippen molar-refractivity contribution in [3.8, 4) is 0 Å². The van der Waals surface area contributed by atoms with Gasteiger partial charge in [0.05, 0.1) is 0 Å². The highest BCUT2D eigenvalue weighted by atomic mass is 14.0. The minimum Gasteiger partial charge on any atom is -0.0654 e. The topological polar surface area (TPSA) is 0 Å². The lowest BCUT2D eigenvalue weighted by Crippen LogP contribution is -1.81. The number of hydrogen-bond donors (Lipinski definition) is 0. The second-order valence-electron chi connectivity index (χ2n) is 11.5. The molecule has 0 aliphatic carbocycles. The van der Waals surface area contributed by atoms with Gasteiger partial charge in [-0.25, -0.2) is 0 Å². The maximum Gasteiger partial charge on any atom is -0.0533 e. The maximum absolute atomic E-state index is 2.29. The largest absolute Gasteiger partial charge is 0.0654 e. The first kappa shape index (κ1) is 40.5. The van der Waals surface area contributed by atoms with Crippen molar-refractivity contribution in [3.05, 3.63) is 0 Å². The number of rotatable bonds is 27. The average Bonchev–Trinajstić information content (AvgIpc) is 2.90. The first-order valence-electron chi connectivity index (χ1n) is 17.7. The van der Waals surface area contributed by atoms with E-state index in [1.165, 1.54) is 193 Å². The zero-order valence-corrected chi connectivity index (χ0v) is 27.2. The lowest BCUT2D eigenvalue weighted by Gasteiger charge is -2.01. The molecule has 0 saturated carbocycles. The molecule has 0 N–H and O–H groups in total. The summed E-state index contributed by atoms with van der Waals surface area (Å²) in [6, 6.07) is 0. The molecule has 0 heterocycles. The van der Waals surface area contributed by atoms with Crippen LogP contribution in [0.1, 0.15) is 234 Å². The minimum absolute atomic E-state index is 1.37. The van der Waals surface area contributed by atoms with Gasteiger partial charge in [0, 0.05) is 0 Å². The van der Waals surface area contributed by atoms with Crippen molar-refractivity contribution in [2.45, 2.75) is 234 Å². The molecule has 36 heavy (non-hydrogen) atoms. The van der Waals surface area contributed by atoms with Crippen LogP contribution in [0.5, 0.6) is 0 Å². The van der Waals surface area contributed by atoms with E-state index in [2.05, 4.69) is 41.5 Å². The second kappa shape index (κ2) is 45.0. The molecule has 0 amide bonds. The third-order valence-corrected chi connectivity index (χ3v) is 7.37. The van der Waals surface area contributed by atoms with Crippen LogP contribution in [-0.2, 0) is 0 Å². The quantitative estimate of drug-likeness (QED) is 0.0963. The van der Waals surface area contributed by atoms with Crippen LogP contribution < -0.4 is 0 Å². The van der Waals surface area contributed by atoms with E-state index in [1.54, 1.807) is 0 Å². The average molecular weight is 511 g/mol. The monoisotopic (exact) mass is 511 g/mol. The molecule has 0 aliphatic rings. The Bertz CT molecular complexity index is 264. The summed E-state index contributed by atoms with van der Waals surface area (Å²) in [4.78, 5) is 0. The van der Waals surface area contributed by atoms with Gasteiger partial charge < -0.3 is 0 Å². The third-order valence-electron chi connectivity index (χ3n) is 7.37. The van der Waals surface area contributed by atoms with Crippen LogP contribution in [0.25, 0.3) is 0 Å². The molecule has 0 nitrogen and oxygen atoms in total. The molecule has 0 fully saturated rings. The van der Waals surface area contributed by atoms with Crippen LogP contribution in [0.15, 0.2) is 0 Å². The van der Waals surface area contributed by atoms with E-state index in [-0.39, 0.29) is 0 Å². The van der Waals surface area contributed by atoms with Gasteiger partial charge in [-0.3, -0.25) is 0 Å². The molecule has 0 aliphatic heterocycles. The van der Waals surface area contributed by atoms with E-state index in [9.17, 15) is 0 Å². The van der Waals surface area contributed by atoms with E-state index in [0.717, 1.165) is 0 Å². The molecule has 0 saturated heterocycles. The molecule has 0 heteroatoms. The Hall–Kier alpha value is 0. The smallest absolute Gasteiger partial charge is 0.0533 e. The van der Waals surface area contributed by atoms with Gasteiger partial charge in [0.1, 0.15) is 0 Å². The fourth-order valence-corrected chi connectivity index (χ4v) is 4.68. The molecule has 0 spiro atoms. The van der Waals surface area contributed by atoms with Crippen molar-refractivity contribution < 1.29 is 0 Å². The zero-order chi connectivity index (χ0) is 27.2. The molecule has 0 aromatic heterocycles. The highest BCUT2D eigenvalue weighted by Gasteiger charge is 1.92. The van der Waals surface area contributed by atoms with Crippen LogP contribution in [0, 0.1) is 0 Å². The Morgan fingerprint density at radius 1 is 0.139 bits per heavy atom. The summed E-state index contributed by atoms with van der Waals surface area (Å²) in [5, 5.41) is 0. The Morgan fingerprint density at radius 3 is 0.306 bits per heavy atom. The van der Waals surface area contributed by atoms with E-state index >= 15 is 0 Å². The van der Waals surface area contributed by atoms with Gasteiger partial charge in [-0.05, 0) is 0 Å². The van der Waals surface area contributed by atoms with Crippen molar-refractivity contribution in [1.82, 2.24) is 0 Å². The van der Waals surface area contributed by atoms with Crippen LogP contribution in [0.2, 0.25) is 0 Å². The fraction of sp³-hybridized carbons (Fsp3) is 1.00. The minimum atomic E-state index is 1.37. The van der Waals surface area contributed by atoms with Crippen LogP contribution in [0.4, 0.5) is 0 Å². The summed E-state index contributed by atoms with van der Waals surface area (Å²) in [5.74, 6) is 0. The summed E-state index contributed by atoms with van der Waals surface area (Å²) in [7, 11) is 0. The van der Waals surface area contributed by atoms with Crippen LogP contribution in [-0.4, -0.2) is 0 Å². The molecule has 0 aromatic carbocycles. The second-order valence-corrected chi connectivity index (χ2v) is 11.5. The van der Waals surface area contributed by atoms with Gasteiger partial charge in [0.2, 0.25) is 0 Å². The van der Waals surface area contributed by atoms with Gasteiger partial charge in [-0.2, -0.15) is 0 Å². The Morgan fingerprint density at radius 2 is 0.222 bits per heavy atom. The molecule has 0 aromatic rings. The predicted octanol–water partition coefficient (Wildman–Crippen LogP) is 14.8. The van der Waals surface area contributed by atoms with E-state index in [1.807, 2.05) is 0 Å².